The van der Waals surface area contributed by atoms with Gasteiger partial charge in [0.15, 0.2) is 5.06 Å². The van der Waals surface area contributed by atoms with Gasteiger partial charge >= 0.3 is 5.97 Å². The Morgan fingerprint density at radius 2 is 2.00 bits per heavy atom. The minimum atomic E-state index is -0.209. The molecule has 0 unspecified atom stereocenters. The number of nitrogens with zero attached hydrogens (tertiary/aromatic N) is 2. The Hall–Kier alpha value is -2.60. The molecule has 2 heterocycles. The third kappa shape index (κ3) is 5.74. The van der Waals surface area contributed by atoms with E-state index < -0.39 is 0 Å². The van der Waals surface area contributed by atoms with E-state index in [0.717, 1.165) is 24.1 Å². The molecule has 0 fully saturated rings. The van der Waals surface area contributed by atoms with Gasteiger partial charge in [0, 0.05) is 25.8 Å². The molecular formula is C20H25N2O3S+. The molecule has 2 aromatic heterocycles. The van der Waals surface area contributed by atoms with Gasteiger partial charge in [0.1, 0.15) is 12.4 Å². The fourth-order valence-electron chi connectivity index (χ4n) is 2.42. The SMILES string of the molecule is CC(=O)OCCCn1cc[n+](C)c1C.Oc1sccc1-c1ccccc1. The van der Waals surface area contributed by atoms with Crippen LogP contribution in [0.3, 0.4) is 0 Å². The number of thiophene rings is 1. The molecule has 0 saturated heterocycles. The van der Waals surface area contributed by atoms with Crippen molar-refractivity contribution in [1.29, 1.82) is 0 Å². The fourth-order valence-corrected chi connectivity index (χ4v) is 3.07. The van der Waals surface area contributed by atoms with Crippen LogP contribution in [0.1, 0.15) is 19.2 Å². The molecule has 0 saturated carbocycles. The van der Waals surface area contributed by atoms with Crippen LogP contribution in [0.25, 0.3) is 11.1 Å². The normalized spacial score (nSPS) is 10.1. The van der Waals surface area contributed by atoms with Gasteiger partial charge in [-0.05, 0) is 17.0 Å². The van der Waals surface area contributed by atoms with Crippen LogP contribution >= 0.6 is 11.3 Å². The van der Waals surface area contributed by atoms with Gasteiger partial charge in [-0.3, -0.25) is 4.79 Å². The molecule has 0 aliphatic carbocycles. The maximum absolute atomic E-state index is 10.5. The molecule has 0 spiro atoms. The van der Waals surface area contributed by atoms with Crippen molar-refractivity contribution in [2.45, 2.75) is 26.8 Å². The van der Waals surface area contributed by atoms with Gasteiger partial charge in [-0.2, -0.15) is 0 Å². The first kappa shape index (κ1) is 19.7. The number of carbonyl (C=O) groups is 1. The number of benzene rings is 1. The molecule has 1 N–H and O–H groups in total. The average molecular weight is 373 g/mol. The highest BCUT2D eigenvalue weighted by molar-refractivity contribution is 7.12. The van der Waals surface area contributed by atoms with Crippen LogP contribution in [0.5, 0.6) is 5.06 Å². The highest BCUT2D eigenvalue weighted by Gasteiger charge is 2.07. The molecule has 6 heteroatoms. The first-order valence-corrected chi connectivity index (χ1v) is 9.33. The molecule has 0 aliphatic rings. The second-order valence-corrected chi connectivity index (χ2v) is 6.74. The summed E-state index contributed by atoms with van der Waals surface area (Å²) in [6, 6.07) is 11.8. The summed E-state index contributed by atoms with van der Waals surface area (Å²) < 4.78 is 9.05. The summed E-state index contributed by atoms with van der Waals surface area (Å²) in [4.78, 5) is 10.5. The Kier molecular flexibility index (Phi) is 7.41. The van der Waals surface area contributed by atoms with Crippen molar-refractivity contribution in [1.82, 2.24) is 4.57 Å². The van der Waals surface area contributed by atoms with Gasteiger partial charge in [0.2, 0.25) is 0 Å². The van der Waals surface area contributed by atoms with Crippen LogP contribution in [-0.4, -0.2) is 22.2 Å². The third-order valence-corrected chi connectivity index (χ3v) is 4.69. The van der Waals surface area contributed by atoms with Crippen molar-refractivity contribution in [2.24, 2.45) is 7.05 Å². The summed E-state index contributed by atoms with van der Waals surface area (Å²) in [6.45, 7) is 4.88. The summed E-state index contributed by atoms with van der Waals surface area (Å²) in [5.74, 6) is 0.993. The Morgan fingerprint density at radius 3 is 2.54 bits per heavy atom. The Bertz CT molecular complexity index is 825. The second-order valence-electron chi connectivity index (χ2n) is 5.85. The van der Waals surface area contributed by atoms with Gasteiger partial charge in [-0.25, -0.2) is 9.13 Å². The number of carbonyl (C=O) groups excluding carboxylic acids is 1. The van der Waals surface area contributed by atoms with E-state index in [-0.39, 0.29) is 5.97 Å². The zero-order chi connectivity index (χ0) is 18.9. The van der Waals surface area contributed by atoms with E-state index in [1.165, 1.54) is 24.1 Å². The molecule has 0 radical (unpaired) electrons. The second kappa shape index (κ2) is 9.77. The molecule has 5 nitrogen and oxygen atoms in total. The molecule has 3 aromatic rings. The van der Waals surface area contributed by atoms with Crippen LogP contribution in [0.4, 0.5) is 0 Å². The standard InChI is InChI=1S/C10H17N2O2.C10H8OS/c1-9-11(3)6-7-12(9)5-4-8-14-10(2)13;11-10-9(6-7-12-10)8-4-2-1-3-5-8/h6-7H,4-5,8H2,1-3H3;1-7,11H/q+1;. The number of aromatic nitrogens is 2. The van der Waals surface area contributed by atoms with Gasteiger partial charge in [0.25, 0.3) is 5.82 Å². The summed E-state index contributed by atoms with van der Waals surface area (Å²) >= 11 is 1.35. The number of esters is 1. The van der Waals surface area contributed by atoms with Crippen LogP contribution in [0, 0.1) is 6.92 Å². The molecule has 3 rings (SSSR count). The first-order valence-electron chi connectivity index (χ1n) is 8.45. The lowest BCUT2D eigenvalue weighted by Crippen LogP contribution is -2.29. The van der Waals surface area contributed by atoms with E-state index in [0.29, 0.717) is 11.7 Å². The first-order chi connectivity index (χ1) is 12.5. The van der Waals surface area contributed by atoms with Gasteiger partial charge in [-0.1, -0.05) is 30.3 Å². The average Bonchev–Trinajstić information content (AvgIpc) is 3.20. The van der Waals surface area contributed by atoms with Crippen LogP contribution in [0.15, 0.2) is 54.2 Å². The van der Waals surface area contributed by atoms with E-state index >= 15 is 0 Å². The molecule has 26 heavy (non-hydrogen) atoms. The van der Waals surface area contributed by atoms with Crippen molar-refractivity contribution in [3.8, 4) is 16.2 Å². The predicted octanol–water partition coefficient (Wildman–Crippen LogP) is 3.69. The predicted molar refractivity (Wildman–Crippen MR) is 103 cm³/mol. The number of ether oxygens (including phenoxy) is 1. The molecule has 1 aromatic carbocycles. The number of imidazole rings is 1. The van der Waals surface area contributed by atoms with Crippen LogP contribution in [0.2, 0.25) is 0 Å². The lowest BCUT2D eigenvalue weighted by atomic mass is 10.1. The van der Waals surface area contributed by atoms with Crippen molar-refractivity contribution in [3.05, 3.63) is 60.0 Å². The lowest BCUT2D eigenvalue weighted by molar-refractivity contribution is -0.677. The van der Waals surface area contributed by atoms with E-state index in [9.17, 15) is 9.90 Å². The van der Waals surface area contributed by atoms with Gasteiger partial charge in [-0.15, -0.1) is 11.3 Å². The van der Waals surface area contributed by atoms with E-state index in [4.69, 9.17) is 4.74 Å². The maximum Gasteiger partial charge on any atom is 0.302 e. The number of hydrogen-bond acceptors (Lipinski definition) is 4. The number of aryl methyl sites for hydroxylation is 2. The molecule has 138 valence electrons. The van der Waals surface area contributed by atoms with Crippen molar-refractivity contribution >= 4 is 17.3 Å². The molecular weight excluding hydrogens is 348 g/mol. The molecule has 0 amide bonds. The topological polar surface area (TPSA) is 55.3 Å². The largest absolute Gasteiger partial charge is 0.499 e. The summed E-state index contributed by atoms with van der Waals surface area (Å²) in [7, 11) is 2.01. The minimum Gasteiger partial charge on any atom is -0.499 e. The highest BCUT2D eigenvalue weighted by atomic mass is 32.1. The maximum atomic E-state index is 10.5. The fraction of sp³-hybridized carbons (Fsp3) is 0.300. The smallest absolute Gasteiger partial charge is 0.302 e. The van der Waals surface area contributed by atoms with Gasteiger partial charge in [0.05, 0.1) is 20.2 Å². The highest BCUT2D eigenvalue weighted by Crippen LogP contribution is 2.33. The number of rotatable bonds is 5. The Morgan fingerprint density at radius 1 is 1.27 bits per heavy atom. The van der Waals surface area contributed by atoms with E-state index in [1.54, 1.807) is 0 Å². The third-order valence-electron chi connectivity index (χ3n) is 3.97. The van der Waals surface area contributed by atoms with E-state index in [2.05, 4.69) is 16.1 Å². The van der Waals surface area contributed by atoms with Crippen molar-refractivity contribution in [2.75, 3.05) is 6.61 Å². The van der Waals surface area contributed by atoms with E-state index in [1.807, 2.05) is 61.2 Å². The van der Waals surface area contributed by atoms with Crippen molar-refractivity contribution in [3.63, 3.8) is 0 Å². The van der Waals surface area contributed by atoms with Crippen LogP contribution < -0.4 is 4.57 Å². The number of aromatic hydroxyl groups is 1. The number of hydrogen-bond donors (Lipinski definition) is 1. The lowest BCUT2D eigenvalue weighted by Gasteiger charge is -2.00. The summed E-state index contributed by atoms with van der Waals surface area (Å²) in [5.41, 5.74) is 1.98. The summed E-state index contributed by atoms with van der Waals surface area (Å²) in [5, 5.41) is 11.7. The Labute approximate surface area is 158 Å². The zero-order valence-electron chi connectivity index (χ0n) is 15.4. The molecule has 0 atom stereocenters. The Balaban J connectivity index is 0.000000189. The molecule has 0 aliphatic heterocycles. The van der Waals surface area contributed by atoms with Gasteiger partial charge < -0.3 is 9.84 Å². The zero-order valence-corrected chi connectivity index (χ0v) is 16.2. The quantitative estimate of drug-likeness (QED) is 0.421. The summed E-state index contributed by atoms with van der Waals surface area (Å²) in [6.07, 6.45) is 4.90. The minimum absolute atomic E-state index is 0.209. The van der Waals surface area contributed by atoms with Crippen LogP contribution in [-0.2, 0) is 23.1 Å². The monoisotopic (exact) mass is 373 g/mol. The van der Waals surface area contributed by atoms with Crippen molar-refractivity contribution < 1.29 is 19.2 Å². The molecule has 0 bridgehead atoms.